The summed E-state index contributed by atoms with van der Waals surface area (Å²) >= 11 is 0. The van der Waals surface area contributed by atoms with Crippen molar-refractivity contribution in [2.24, 2.45) is 0 Å². The monoisotopic (exact) mass is 278 g/mol. The van der Waals surface area contributed by atoms with Crippen LogP contribution in [0.5, 0.6) is 0 Å². The second-order valence-corrected chi connectivity index (χ2v) is 4.40. The lowest BCUT2D eigenvalue weighted by atomic mass is 9.95. The molecule has 20 heavy (non-hydrogen) atoms. The standard InChI is InChI=1S/C16H13F3O/c1-2-15(20)12-8-9-13(11-6-4-3-5-7-11)14(10-12)16(17,18)19/h3-10H,2H2,1H3. The van der Waals surface area contributed by atoms with E-state index in [1.807, 2.05) is 0 Å². The molecule has 1 nitrogen and oxygen atoms in total. The van der Waals surface area contributed by atoms with E-state index < -0.39 is 11.7 Å². The quantitative estimate of drug-likeness (QED) is 0.725. The molecule has 0 radical (unpaired) electrons. The fraction of sp³-hybridized carbons (Fsp3) is 0.188. The number of ketones is 1. The van der Waals surface area contributed by atoms with Crippen molar-refractivity contribution in [1.82, 2.24) is 0 Å². The number of alkyl halides is 3. The van der Waals surface area contributed by atoms with Crippen molar-refractivity contribution in [3.63, 3.8) is 0 Å². The smallest absolute Gasteiger partial charge is 0.294 e. The number of rotatable bonds is 3. The van der Waals surface area contributed by atoms with Crippen LogP contribution in [0.15, 0.2) is 48.5 Å². The molecule has 0 N–H and O–H groups in total. The van der Waals surface area contributed by atoms with Gasteiger partial charge in [-0.3, -0.25) is 4.79 Å². The Morgan fingerprint density at radius 2 is 1.70 bits per heavy atom. The van der Waals surface area contributed by atoms with Crippen molar-refractivity contribution >= 4 is 5.78 Å². The van der Waals surface area contributed by atoms with Gasteiger partial charge in [-0.25, -0.2) is 0 Å². The van der Waals surface area contributed by atoms with Crippen LogP contribution < -0.4 is 0 Å². The number of Topliss-reactive ketones (excluding diaryl/α,β-unsaturated/α-hetero) is 1. The van der Waals surface area contributed by atoms with Crippen molar-refractivity contribution in [3.8, 4) is 11.1 Å². The molecule has 104 valence electrons. The van der Waals surface area contributed by atoms with E-state index in [9.17, 15) is 18.0 Å². The Balaban J connectivity index is 2.61. The molecule has 0 aliphatic heterocycles. The first kappa shape index (κ1) is 14.3. The number of halogens is 3. The number of benzene rings is 2. The topological polar surface area (TPSA) is 17.1 Å². The molecule has 4 heteroatoms. The molecule has 2 aromatic rings. The summed E-state index contributed by atoms with van der Waals surface area (Å²) in [4.78, 5) is 11.6. The highest BCUT2D eigenvalue weighted by molar-refractivity contribution is 5.96. The van der Waals surface area contributed by atoms with Gasteiger partial charge in [-0.1, -0.05) is 49.4 Å². The Morgan fingerprint density at radius 3 is 2.25 bits per heavy atom. The van der Waals surface area contributed by atoms with Crippen molar-refractivity contribution in [2.45, 2.75) is 19.5 Å². The van der Waals surface area contributed by atoms with Crippen LogP contribution in [-0.2, 0) is 6.18 Å². The van der Waals surface area contributed by atoms with Crippen LogP contribution in [0.3, 0.4) is 0 Å². The van der Waals surface area contributed by atoms with E-state index in [0.717, 1.165) is 6.07 Å². The minimum absolute atomic E-state index is 0.0887. The first-order valence-electron chi connectivity index (χ1n) is 6.23. The molecule has 0 saturated heterocycles. The lowest BCUT2D eigenvalue weighted by Gasteiger charge is -2.14. The van der Waals surface area contributed by atoms with Gasteiger partial charge in [-0.05, 0) is 17.2 Å². The Hall–Kier alpha value is -2.10. The molecule has 0 amide bonds. The molecule has 0 aliphatic carbocycles. The highest BCUT2D eigenvalue weighted by Crippen LogP contribution is 2.37. The number of carbonyl (C=O) groups excluding carboxylic acids is 1. The van der Waals surface area contributed by atoms with Crippen LogP contribution in [0.4, 0.5) is 13.2 Å². The molecule has 2 rings (SSSR count). The molecule has 0 spiro atoms. The van der Waals surface area contributed by atoms with Gasteiger partial charge in [0.1, 0.15) is 0 Å². The molecular weight excluding hydrogens is 265 g/mol. The predicted octanol–water partition coefficient (Wildman–Crippen LogP) is 4.97. The van der Waals surface area contributed by atoms with Crippen LogP contribution in [0, 0.1) is 0 Å². The Kier molecular flexibility index (Phi) is 3.93. The zero-order chi connectivity index (χ0) is 14.8. The third-order valence-corrected chi connectivity index (χ3v) is 3.05. The van der Waals surface area contributed by atoms with E-state index in [0.29, 0.717) is 5.56 Å². The maximum absolute atomic E-state index is 13.2. The van der Waals surface area contributed by atoms with Crippen molar-refractivity contribution in [1.29, 1.82) is 0 Å². The van der Waals surface area contributed by atoms with Gasteiger partial charge in [0.15, 0.2) is 5.78 Å². The largest absolute Gasteiger partial charge is 0.417 e. The average Bonchev–Trinajstić information content (AvgIpc) is 2.46. The number of hydrogen-bond donors (Lipinski definition) is 0. The molecule has 0 atom stereocenters. The second kappa shape index (κ2) is 5.49. The fourth-order valence-electron chi connectivity index (χ4n) is 2.03. The van der Waals surface area contributed by atoms with Gasteiger partial charge in [-0.15, -0.1) is 0 Å². The Morgan fingerprint density at radius 1 is 1.05 bits per heavy atom. The second-order valence-electron chi connectivity index (χ2n) is 4.40. The van der Waals surface area contributed by atoms with Crippen LogP contribution in [0.25, 0.3) is 11.1 Å². The van der Waals surface area contributed by atoms with Crippen molar-refractivity contribution in [2.75, 3.05) is 0 Å². The third kappa shape index (κ3) is 2.90. The SMILES string of the molecule is CCC(=O)c1ccc(-c2ccccc2)c(C(F)(F)F)c1. The van der Waals surface area contributed by atoms with E-state index in [1.165, 1.54) is 12.1 Å². The third-order valence-electron chi connectivity index (χ3n) is 3.05. The summed E-state index contributed by atoms with van der Waals surface area (Å²) in [6, 6.07) is 12.1. The van der Waals surface area contributed by atoms with Gasteiger partial charge in [0, 0.05) is 12.0 Å². The molecule has 0 saturated carbocycles. The molecule has 0 heterocycles. The van der Waals surface area contributed by atoms with Gasteiger partial charge in [0.05, 0.1) is 5.56 Å². The molecule has 0 fully saturated rings. The van der Waals surface area contributed by atoms with Crippen LogP contribution in [0.1, 0.15) is 29.3 Å². The maximum Gasteiger partial charge on any atom is 0.417 e. The van der Waals surface area contributed by atoms with E-state index in [1.54, 1.807) is 37.3 Å². The molecule has 2 aromatic carbocycles. The minimum atomic E-state index is -4.49. The molecule has 0 bridgehead atoms. The van der Waals surface area contributed by atoms with Gasteiger partial charge < -0.3 is 0 Å². The Labute approximate surface area is 115 Å². The first-order chi connectivity index (χ1) is 9.43. The summed E-state index contributed by atoms with van der Waals surface area (Å²) in [5, 5.41) is 0. The van der Waals surface area contributed by atoms with Crippen molar-refractivity contribution in [3.05, 3.63) is 59.7 Å². The van der Waals surface area contributed by atoms with E-state index in [2.05, 4.69) is 0 Å². The fourth-order valence-corrected chi connectivity index (χ4v) is 2.03. The molecule has 0 unspecified atom stereocenters. The van der Waals surface area contributed by atoms with Crippen LogP contribution in [0.2, 0.25) is 0 Å². The van der Waals surface area contributed by atoms with E-state index in [-0.39, 0.29) is 23.3 Å². The summed E-state index contributed by atoms with van der Waals surface area (Å²) in [6.07, 6.45) is -4.31. The summed E-state index contributed by atoms with van der Waals surface area (Å²) in [6.45, 7) is 1.63. The van der Waals surface area contributed by atoms with E-state index in [4.69, 9.17) is 0 Å². The highest BCUT2D eigenvalue weighted by Gasteiger charge is 2.34. The zero-order valence-electron chi connectivity index (χ0n) is 10.9. The maximum atomic E-state index is 13.2. The Bertz CT molecular complexity index is 615. The van der Waals surface area contributed by atoms with Crippen molar-refractivity contribution < 1.29 is 18.0 Å². The predicted molar refractivity (Wildman–Crippen MR) is 71.5 cm³/mol. The summed E-state index contributed by atoms with van der Waals surface area (Å²) < 4.78 is 39.5. The lowest BCUT2D eigenvalue weighted by molar-refractivity contribution is -0.137. The van der Waals surface area contributed by atoms with Gasteiger partial charge in [0.2, 0.25) is 0 Å². The highest BCUT2D eigenvalue weighted by atomic mass is 19.4. The minimum Gasteiger partial charge on any atom is -0.294 e. The van der Waals surface area contributed by atoms with Crippen LogP contribution in [-0.4, -0.2) is 5.78 Å². The van der Waals surface area contributed by atoms with E-state index >= 15 is 0 Å². The normalized spacial score (nSPS) is 11.4. The van der Waals surface area contributed by atoms with Crippen LogP contribution >= 0.6 is 0 Å². The number of carbonyl (C=O) groups is 1. The van der Waals surface area contributed by atoms with Gasteiger partial charge in [0.25, 0.3) is 0 Å². The average molecular weight is 278 g/mol. The molecular formula is C16H13F3O. The summed E-state index contributed by atoms with van der Waals surface area (Å²) in [5.41, 5.74) is -0.108. The summed E-state index contributed by atoms with van der Waals surface area (Å²) in [7, 11) is 0. The summed E-state index contributed by atoms with van der Waals surface area (Å²) in [5.74, 6) is -0.296. The number of hydrogen-bond acceptors (Lipinski definition) is 1. The zero-order valence-corrected chi connectivity index (χ0v) is 10.9. The lowest BCUT2D eigenvalue weighted by Crippen LogP contribution is -2.09. The molecule has 0 aromatic heterocycles. The van der Waals surface area contributed by atoms with Gasteiger partial charge >= 0.3 is 6.18 Å². The molecule has 0 aliphatic rings. The van der Waals surface area contributed by atoms with Gasteiger partial charge in [-0.2, -0.15) is 13.2 Å². The first-order valence-corrected chi connectivity index (χ1v) is 6.23.